The summed E-state index contributed by atoms with van der Waals surface area (Å²) in [5.74, 6) is -3.14. The van der Waals surface area contributed by atoms with Crippen LogP contribution in [0.1, 0.15) is 20.7 Å². The Bertz CT molecular complexity index is 743. The second kappa shape index (κ2) is 5.67. The molecule has 2 rings (SSSR count). The molecule has 0 bridgehead atoms. The molecule has 0 fully saturated rings. The third-order valence-electron chi connectivity index (χ3n) is 2.53. The largest absolute Gasteiger partial charge is 0.478 e. The second-order valence-electron chi connectivity index (χ2n) is 3.84. The molecule has 0 saturated heterocycles. The molecule has 2 N–H and O–H groups in total. The number of nitrogens with zero attached hydrogens (tertiary/aromatic N) is 1. The number of nitrogens with one attached hydrogen (secondary N) is 1. The van der Waals surface area contributed by atoms with Crippen molar-refractivity contribution in [1.29, 1.82) is 0 Å². The van der Waals surface area contributed by atoms with Gasteiger partial charge in [-0.1, -0.05) is 0 Å². The number of carboxylic acids is 1. The van der Waals surface area contributed by atoms with Crippen molar-refractivity contribution in [1.82, 2.24) is 0 Å². The molecule has 0 aliphatic carbocycles. The average Bonchev–Trinajstić information content (AvgIpc) is 2.87. The zero-order chi connectivity index (χ0) is 15.6. The number of halogens is 1. The Hall–Kier alpha value is -2.81. The van der Waals surface area contributed by atoms with Crippen molar-refractivity contribution in [2.75, 3.05) is 5.32 Å². The first-order valence-corrected chi connectivity index (χ1v) is 6.34. The van der Waals surface area contributed by atoms with Crippen LogP contribution in [-0.2, 0) is 0 Å². The standard InChI is InChI=1S/C12H7FN2O5S/c13-9-2-1-6(15(19)20)5-8(9)10(16)14-11-7(12(17)18)3-4-21-11/h1-5H,(H,14,16)(H,17,18). The van der Waals surface area contributed by atoms with E-state index in [-0.39, 0.29) is 10.6 Å². The van der Waals surface area contributed by atoms with E-state index >= 15 is 0 Å². The number of thiophene rings is 1. The third-order valence-corrected chi connectivity index (χ3v) is 3.36. The Labute approximate surface area is 120 Å². The maximum absolute atomic E-state index is 13.6. The average molecular weight is 310 g/mol. The van der Waals surface area contributed by atoms with Crippen LogP contribution in [0.4, 0.5) is 15.1 Å². The first kappa shape index (κ1) is 14.6. The number of non-ortho nitro benzene ring substituents is 1. The lowest BCUT2D eigenvalue weighted by molar-refractivity contribution is -0.384. The van der Waals surface area contributed by atoms with Gasteiger partial charge in [0.1, 0.15) is 10.8 Å². The predicted octanol–water partition coefficient (Wildman–Crippen LogP) is 2.75. The maximum Gasteiger partial charge on any atom is 0.338 e. The van der Waals surface area contributed by atoms with Crippen molar-refractivity contribution >= 4 is 33.9 Å². The maximum atomic E-state index is 13.6. The van der Waals surface area contributed by atoms with E-state index in [2.05, 4.69) is 5.32 Å². The van der Waals surface area contributed by atoms with Gasteiger partial charge in [0.05, 0.1) is 16.1 Å². The Morgan fingerprint density at radius 3 is 2.62 bits per heavy atom. The summed E-state index contributed by atoms with van der Waals surface area (Å²) in [4.78, 5) is 32.7. The summed E-state index contributed by atoms with van der Waals surface area (Å²) in [5, 5.41) is 23.2. The van der Waals surface area contributed by atoms with Crippen LogP contribution in [0.2, 0.25) is 0 Å². The molecule has 0 saturated carbocycles. The molecule has 0 radical (unpaired) electrons. The quantitative estimate of drug-likeness (QED) is 0.666. The molecular weight excluding hydrogens is 303 g/mol. The number of carbonyl (C=O) groups excluding carboxylic acids is 1. The number of hydrogen-bond donors (Lipinski definition) is 2. The van der Waals surface area contributed by atoms with E-state index in [4.69, 9.17) is 5.11 Å². The molecule has 7 nitrogen and oxygen atoms in total. The normalized spacial score (nSPS) is 10.1. The summed E-state index contributed by atoms with van der Waals surface area (Å²) in [6.07, 6.45) is 0. The number of anilines is 1. The van der Waals surface area contributed by atoms with Gasteiger partial charge in [-0.3, -0.25) is 14.9 Å². The summed E-state index contributed by atoms with van der Waals surface area (Å²) in [7, 11) is 0. The number of benzene rings is 1. The second-order valence-corrected chi connectivity index (χ2v) is 4.76. The zero-order valence-corrected chi connectivity index (χ0v) is 11.0. The number of amides is 1. The van der Waals surface area contributed by atoms with Gasteiger partial charge in [0, 0.05) is 12.1 Å². The molecule has 1 heterocycles. The van der Waals surface area contributed by atoms with Crippen molar-refractivity contribution in [2.45, 2.75) is 0 Å². The molecule has 0 atom stereocenters. The summed E-state index contributed by atoms with van der Waals surface area (Å²) < 4.78 is 13.6. The van der Waals surface area contributed by atoms with E-state index in [1.807, 2.05) is 0 Å². The Kier molecular flexibility index (Phi) is 3.94. The fraction of sp³-hybridized carbons (Fsp3) is 0. The molecule has 0 aliphatic rings. The van der Waals surface area contributed by atoms with Crippen molar-refractivity contribution in [2.24, 2.45) is 0 Å². The molecular formula is C12H7FN2O5S. The van der Waals surface area contributed by atoms with Crippen LogP contribution in [0.3, 0.4) is 0 Å². The van der Waals surface area contributed by atoms with Crippen LogP contribution in [-0.4, -0.2) is 21.9 Å². The minimum Gasteiger partial charge on any atom is -0.478 e. The van der Waals surface area contributed by atoms with Gasteiger partial charge in [-0.05, 0) is 17.5 Å². The van der Waals surface area contributed by atoms with Crippen molar-refractivity contribution in [3.8, 4) is 0 Å². The minimum atomic E-state index is -1.24. The highest BCUT2D eigenvalue weighted by atomic mass is 32.1. The van der Waals surface area contributed by atoms with Gasteiger partial charge in [-0.2, -0.15) is 0 Å². The van der Waals surface area contributed by atoms with E-state index in [1.54, 1.807) is 0 Å². The Morgan fingerprint density at radius 1 is 1.29 bits per heavy atom. The monoisotopic (exact) mass is 310 g/mol. The molecule has 0 unspecified atom stereocenters. The van der Waals surface area contributed by atoms with E-state index in [0.29, 0.717) is 0 Å². The van der Waals surface area contributed by atoms with Gasteiger partial charge in [0.15, 0.2) is 0 Å². The van der Waals surface area contributed by atoms with Gasteiger partial charge in [0.2, 0.25) is 0 Å². The van der Waals surface area contributed by atoms with Crippen LogP contribution in [0.15, 0.2) is 29.6 Å². The number of carbonyl (C=O) groups is 2. The van der Waals surface area contributed by atoms with Gasteiger partial charge >= 0.3 is 5.97 Å². The highest BCUT2D eigenvalue weighted by Crippen LogP contribution is 2.25. The highest BCUT2D eigenvalue weighted by molar-refractivity contribution is 7.14. The highest BCUT2D eigenvalue weighted by Gasteiger charge is 2.20. The van der Waals surface area contributed by atoms with Crippen LogP contribution in [0.25, 0.3) is 0 Å². The molecule has 1 amide bonds. The van der Waals surface area contributed by atoms with Crippen molar-refractivity contribution < 1.29 is 24.0 Å². The lowest BCUT2D eigenvalue weighted by Crippen LogP contribution is -2.15. The summed E-state index contributed by atoms with van der Waals surface area (Å²) >= 11 is 0.948. The zero-order valence-electron chi connectivity index (χ0n) is 10.2. The SMILES string of the molecule is O=C(Nc1sccc1C(=O)O)c1cc([N+](=O)[O-])ccc1F. The number of rotatable bonds is 4. The van der Waals surface area contributed by atoms with Crippen molar-refractivity contribution in [3.63, 3.8) is 0 Å². The molecule has 0 aliphatic heterocycles. The fourth-order valence-electron chi connectivity index (χ4n) is 1.55. The van der Waals surface area contributed by atoms with Gasteiger partial charge in [0.25, 0.3) is 11.6 Å². The predicted molar refractivity (Wildman–Crippen MR) is 72.3 cm³/mol. The Balaban J connectivity index is 2.32. The van der Waals surface area contributed by atoms with Gasteiger partial charge in [-0.15, -0.1) is 11.3 Å². The molecule has 108 valence electrons. The number of hydrogen-bond acceptors (Lipinski definition) is 5. The first-order valence-electron chi connectivity index (χ1n) is 5.46. The van der Waals surface area contributed by atoms with E-state index in [1.165, 1.54) is 11.4 Å². The topological polar surface area (TPSA) is 110 Å². The molecule has 9 heteroatoms. The van der Waals surface area contributed by atoms with E-state index in [9.17, 15) is 24.1 Å². The van der Waals surface area contributed by atoms with Gasteiger partial charge < -0.3 is 10.4 Å². The minimum absolute atomic E-state index is 0.0263. The van der Waals surface area contributed by atoms with E-state index in [0.717, 1.165) is 29.5 Å². The fourth-order valence-corrected chi connectivity index (χ4v) is 2.32. The lowest BCUT2D eigenvalue weighted by atomic mass is 10.1. The molecule has 1 aromatic carbocycles. The number of aromatic carboxylic acids is 1. The number of nitro benzene ring substituents is 1. The van der Waals surface area contributed by atoms with Gasteiger partial charge in [-0.25, -0.2) is 9.18 Å². The molecule has 0 spiro atoms. The summed E-state index contributed by atoms with van der Waals surface area (Å²) in [6, 6.07) is 3.81. The van der Waals surface area contributed by atoms with Crippen LogP contribution in [0.5, 0.6) is 0 Å². The van der Waals surface area contributed by atoms with Crippen LogP contribution < -0.4 is 5.32 Å². The Morgan fingerprint density at radius 2 is 2.00 bits per heavy atom. The number of nitro groups is 1. The van der Waals surface area contributed by atoms with Crippen molar-refractivity contribution in [3.05, 3.63) is 56.7 Å². The molecule has 2 aromatic rings. The summed E-state index contributed by atoms with van der Waals surface area (Å²) in [5.41, 5.74) is -1.11. The smallest absolute Gasteiger partial charge is 0.338 e. The van der Waals surface area contributed by atoms with E-state index < -0.39 is 33.9 Å². The first-order chi connectivity index (χ1) is 9.90. The third kappa shape index (κ3) is 3.03. The molecule has 1 aromatic heterocycles. The number of carboxylic acid groups (broad SMARTS) is 1. The van der Waals surface area contributed by atoms with Crippen LogP contribution in [0, 0.1) is 15.9 Å². The summed E-state index contributed by atoms with van der Waals surface area (Å²) in [6.45, 7) is 0. The van der Waals surface area contributed by atoms with Crippen LogP contribution >= 0.6 is 11.3 Å². The molecule has 21 heavy (non-hydrogen) atoms. The lowest BCUT2D eigenvalue weighted by Gasteiger charge is -2.05.